The Labute approximate surface area is 114 Å². The Hall–Kier alpha value is -0.120. The fourth-order valence-corrected chi connectivity index (χ4v) is 1.58. The van der Waals surface area contributed by atoms with Crippen LogP contribution in [0.5, 0.6) is 0 Å². The second kappa shape index (κ2) is 10.8. The minimum atomic E-state index is 0.177. The molecule has 3 nitrogen and oxygen atoms in total. The molecule has 1 N–H and O–H groups in total. The monoisotopic (exact) mass is 259 g/mol. The number of rotatable bonds is 11. The zero-order valence-corrected chi connectivity index (χ0v) is 13.1. The van der Waals surface area contributed by atoms with Gasteiger partial charge in [-0.25, -0.2) is 0 Å². The zero-order valence-electron chi connectivity index (χ0n) is 13.1. The number of unbranched alkanes of at least 4 members (excludes halogenated alkanes) is 1. The van der Waals surface area contributed by atoms with Gasteiger partial charge in [-0.05, 0) is 33.1 Å². The molecule has 0 amide bonds. The summed E-state index contributed by atoms with van der Waals surface area (Å²) >= 11 is 0. The van der Waals surface area contributed by atoms with Crippen molar-refractivity contribution in [2.24, 2.45) is 5.92 Å². The van der Waals surface area contributed by atoms with Crippen LogP contribution in [0, 0.1) is 5.92 Å². The molecule has 0 fully saturated rings. The second-order valence-corrected chi connectivity index (χ2v) is 6.29. The van der Waals surface area contributed by atoms with Crippen LogP contribution in [0.3, 0.4) is 0 Å². The summed E-state index contributed by atoms with van der Waals surface area (Å²) in [7, 11) is 0. The normalized spacial score (nSPS) is 12.3. The van der Waals surface area contributed by atoms with Gasteiger partial charge in [0, 0.05) is 18.7 Å². The van der Waals surface area contributed by atoms with E-state index in [1.807, 2.05) is 0 Å². The molecule has 3 heteroatoms. The van der Waals surface area contributed by atoms with E-state index >= 15 is 0 Å². The van der Waals surface area contributed by atoms with Crippen molar-refractivity contribution in [3.63, 3.8) is 0 Å². The molecule has 0 spiro atoms. The molecule has 18 heavy (non-hydrogen) atoms. The van der Waals surface area contributed by atoms with Gasteiger partial charge in [-0.1, -0.05) is 26.7 Å². The van der Waals surface area contributed by atoms with E-state index in [4.69, 9.17) is 9.47 Å². The van der Waals surface area contributed by atoms with Crippen LogP contribution in [0.25, 0.3) is 0 Å². The number of hydrogen-bond acceptors (Lipinski definition) is 3. The second-order valence-electron chi connectivity index (χ2n) is 6.29. The van der Waals surface area contributed by atoms with Crippen LogP contribution in [0.2, 0.25) is 0 Å². The third-order valence-electron chi connectivity index (χ3n) is 2.59. The highest BCUT2D eigenvalue weighted by Gasteiger charge is 2.06. The summed E-state index contributed by atoms with van der Waals surface area (Å²) in [4.78, 5) is 0. The van der Waals surface area contributed by atoms with Gasteiger partial charge in [0.25, 0.3) is 0 Å². The third kappa shape index (κ3) is 15.9. The molecule has 0 aliphatic rings. The van der Waals surface area contributed by atoms with Gasteiger partial charge in [0.05, 0.1) is 19.8 Å². The number of nitrogens with one attached hydrogen (secondary N) is 1. The maximum atomic E-state index is 5.52. The van der Waals surface area contributed by atoms with E-state index in [1.54, 1.807) is 0 Å². The van der Waals surface area contributed by atoms with Gasteiger partial charge in [0.1, 0.15) is 0 Å². The Balaban J connectivity index is 3.04. The molecule has 0 atom stereocenters. The van der Waals surface area contributed by atoms with Crippen molar-refractivity contribution in [3.8, 4) is 0 Å². The van der Waals surface area contributed by atoms with Crippen molar-refractivity contribution < 1.29 is 9.47 Å². The van der Waals surface area contributed by atoms with E-state index in [2.05, 4.69) is 39.9 Å². The first-order chi connectivity index (χ1) is 8.42. The Kier molecular flexibility index (Phi) is 10.7. The van der Waals surface area contributed by atoms with Crippen LogP contribution in [0.1, 0.15) is 53.9 Å². The van der Waals surface area contributed by atoms with E-state index in [0.29, 0.717) is 6.61 Å². The summed E-state index contributed by atoms with van der Waals surface area (Å²) in [6.07, 6.45) is 3.75. The fourth-order valence-electron chi connectivity index (χ4n) is 1.58. The van der Waals surface area contributed by atoms with E-state index in [9.17, 15) is 0 Å². The molecule has 0 bridgehead atoms. The molecule has 0 aromatic heterocycles. The molecular weight excluding hydrogens is 226 g/mol. The molecule has 0 aromatic rings. The van der Waals surface area contributed by atoms with Crippen molar-refractivity contribution >= 4 is 0 Å². The van der Waals surface area contributed by atoms with Gasteiger partial charge in [-0.2, -0.15) is 0 Å². The Morgan fingerprint density at radius 1 is 0.889 bits per heavy atom. The molecule has 0 saturated heterocycles. The Morgan fingerprint density at radius 2 is 1.50 bits per heavy atom. The van der Waals surface area contributed by atoms with Crippen molar-refractivity contribution in [1.29, 1.82) is 0 Å². The smallest absolute Gasteiger partial charge is 0.0701 e. The van der Waals surface area contributed by atoms with E-state index in [0.717, 1.165) is 32.3 Å². The van der Waals surface area contributed by atoms with Gasteiger partial charge in [-0.3, -0.25) is 0 Å². The van der Waals surface area contributed by atoms with Gasteiger partial charge < -0.3 is 14.8 Å². The molecule has 0 aliphatic heterocycles. The summed E-state index contributed by atoms with van der Waals surface area (Å²) in [5.74, 6) is 0.809. The predicted octanol–water partition coefficient (Wildman–Crippen LogP) is 3.23. The lowest BCUT2D eigenvalue weighted by molar-refractivity contribution is 0.0458. The topological polar surface area (TPSA) is 30.5 Å². The SMILES string of the molecule is CC(C)CCCCOCCOCCNC(C)(C)C. The maximum absolute atomic E-state index is 5.52. The average Bonchev–Trinajstić information content (AvgIpc) is 2.24. The molecule has 110 valence electrons. The first-order valence-corrected chi connectivity index (χ1v) is 7.32. The molecule has 0 unspecified atom stereocenters. The highest BCUT2D eigenvalue weighted by Crippen LogP contribution is 2.05. The average molecular weight is 259 g/mol. The van der Waals surface area contributed by atoms with E-state index in [-0.39, 0.29) is 5.54 Å². The van der Waals surface area contributed by atoms with E-state index in [1.165, 1.54) is 19.3 Å². The van der Waals surface area contributed by atoms with Crippen LogP contribution in [-0.2, 0) is 9.47 Å². The van der Waals surface area contributed by atoms with Crippen molar-refractivity contribution in [2.45, 2.75) is 59.4 Å². The highest BCUT2D eigenvalue weighted by atomic mass is 16.5. The van der Waals surface area contributed by atoms with Crippen molar-refractivity contribution in [3.05, 3.63) is 0 Å². The summed E-state index contributed by atoms with van der Waals surface area (Å²) in [5.41, 5.74) is 0.177. The van der Waals surface area contributed by atoms with Crippen molar-refractivity contribution in [1.82, 2.24) is 5.32 Å². The Morgan fingerprint density at radius 3 is 2.06 bits per heavy atom. The van der Waals surface area contributed by atoms with Crippen LogP contribution >= 0.6 is 0 Å². The molecule has 0 aromatic carbocycles. The van der Waals surface area contributed by atoms with E-state index < -0.39 is 0 Å². The van der Waals surface area contributed by atoms with Crippen LogP contribution in [0.4, 0.5) is 0 Å². The molecule has 0 radical (unpaired) electrons. The zero-order chi connectivity index (χ0) is 13.9. The lowest BCUT2D eigenvalue weighted by Crippen LogP contribution is -2.38. The van der Waals surface area contributed by atoms with Gasteiger partial charge >= 0.3 is 0 Å². The number of hydrogen-bond donors (Lipinski definition) is 1. The predicted molar refractivity (Wildman–Crippen MR) is 78.1 cm³/mol. The minimum absolute atomic E-state index is 0.177. The number of ether oxygens (including phenoxy) is 2. The summed E-state index contributed by atoms with van der Waals surface area (Å²) in [5, 5.41) is 3.39. The van der Waals surface area contributed by atoms with Crippen molar-refractivity contribution in [2.75, 3.05) is 33.0 Å². The standard InChI is InChI=1S/C15H33NO2/c1-14(2)8-6-7-10-17-12-13-18-11-9-16-15(3,4)5/h14,16H,6-13H2,1-5H3. The summed E-state index contributed by atoms with van der Waals surface area (Å²) < 4.78 is 11.0. The maximum Gasteiger partial charge on any atom is 0.0701 e. The third-order valence-corrected chi connectivity index (χ3v) is 2.59. The molecule has 0 heterocycles. The van der Waals surface area contributed by atoms with Gasteiger partial charge in [0.15, 0.2) is 0 Å². The molecule has 0 rings (SSSR count). The highest BCUT2D eigenvalue weighted by molar-refractivity contribution is 4.69. The lowest BCUT2D eigenvalue weighted by atomic mass is 10.1. The summed E-state index contributed by atoms with van der Waals surface area (Å²) in [6.45, 7) is 15.0. The van der Waals surface area contributed by atoms with Crippen LogP contribution < -0.4 is 5.32 Å². The van der Waals surface area contributed by atoms with Gasteiger partial charge in [0.2, 0.25) is 0 Å². The quantitative estimate of drug-likeness (QED) is 0.578. The van der Waals surface area contributed by atoms with Gasteiger partial charge in [-0.15, -0.1) is 0 Å². The first kappa shape index (κ1) is 17.9. The molecular formula is C15H33NO2. The lowest BCUT2D eigenvalue weighted by Gasteiger charge is -2.20. The van der Waals surface area contributed by atoms with Crippen LogP contribution in [0.15, 0.2) is 0 Å². The minimum Gasteiger partial charge on any atom is -0.379 e. The largest absolute Gasteiger partial charge is 0.379 e. The fraction of sp³-hybridized carbons (Fsp3) is 1.00. The Bertz CT molecular complexity index is 176. The first-order valence-electron chi connectivity index (χ1n) is 7.32. The molecule has 0 aliphatic carbocycles. The molecule has 0 saturated carbocycles. The van der Waals surface area contributed by atoms with Crippen LogP contribution in [-0.4, -0.2) is 38.5 Å². The summed E-state index contributed by atoms with van der Waals surface area (Å²) in [6, 6.07) is 0.